The van der Waals surface area contributed by atoms with Gasteiger partial charge in [0, 0.05) is 19.6 Å². The average Bonchev–Trinajstić information content (AvgIpc) is 2.86. The molecule has 0 amide bonds. The molecule has 0 saturated heterocycles. The van der Waals surface area contributed by atoms with Crippen molar-refractivity contribution in [3.8, 4) is 0 Å². The van der Waals surface area contributed by atoms with Crippen molar-refractivity contribution in [3.63, 3.8) is 0 Å². The predicted molar refractivity (Wildman–Crippen MR) is 146 cm³/mol. The zero-order valence-electron chi connectivity index (χ0n) is 23.0. The van der Waals surface area contributed by atoms with E-state index in [2.05, 4.69) is 26.0 Å². The Labute approximate surface area is 220 Å². The van der Waals surface area contributed by atoms with Crippen LogP contribution in [0.25, 0.3) is 0 Å². The van der Waals surface area contributed by atoms with Gasteiger partial charge < -0.3 is 20.1 Å². The largest absolute Gasteiger partial charge is 0.472 e. The summed E-state index contributed by atoms with van der Waals surface area (Å²) in [5.41, 5.74) is 5.30. The monoisotopic (exact) mass is 535 g/mol. The maximum Gasteiger partial charge on any atom is 0.472 e. The van der Waals surface area contributed by atoms with Crippen LogP contribution in [0.2, 0.25) is 0 Å². The number of allylic oxidation sites excluding steroid dienone is 2. The second-order valence-corrected chi connectivity index (χ2v) is 10.7. The second kappa shape index (κ2) is 25.9. The normalized spacial score (nSPS) is 14.2. The van der Waals surface area contributed by atoms with E-state index in [1.165, 1.54) is 44.9 Å². The Hall–Kier alpha value is -0.760. The van der Waals surface area contributed by atoms with Gasteiger partial charge in [-0.15, -0.1) is 0 Å². The first-order chi connectivity index (χ1) is 17.4. The van der Waals surface area contributed by atoms with Crippen molar-refractivity contribution >= 4 is 13.8 Å². The molecule has 36 heavy (non-hydrogen) atoms. The van der Waals surface area contributed by atoms with E-state index in [1.807, 2.05) is 0 Å². The van der Waals surface area contributed by atoms with Gasteiger partial charge in [0.15, 0.2) is 0 Å². The highest BCUT2D eigenvalue weighted by atomic mass is 31.2. The first kappa shape index (κ1) is 35.2. The van der Waals surface area contributed by atoms with E-state index in [0.717, 1.165) is 51.4 Å². The summed E-state index contributed by atoms with van der Waals surface area (Å²) >= 11 is 0. The van der Waals surface area contributed by atoms with Gasteiger partial charge in [0.2, 0.25) is 0 Å². The Bertz CT molecular complexity index is 574. The number of carbonyl (C=O) groups is 1. The van der Waals surface area contributed by atoms with Crippen LogP contribution >= 0.6 is 7.82 Å². The molecule has 0 aliphatic carbocycles. The molecule has 2 atom stereocenters. The first-order valence-electron chi connectivity index (χ1n) is 14.2. The molecule has 0 heterocycles. The number of phosphoric ester groups is 1. The molecule has 8 nitrogen and oxygen atoms in total. The molecule has 0 rings (SSSR count). The summed E-state index contributed by atoms with van der Waals surface area (Å²) < 4.78 is 32.9. The molecule has 3 N–H and O–H groups in total. The van der Waals surface area contributed by atoms with Crippen LogP contribution < -0.4 is 5.73 Å². The summed E-state index contributed by atoms with van der Waals surface area (Å²) in [6.07, 6.45) is 20.9. The summed E-state index contributed by atoms with van der Waals surface area (Å²) in [6.45, 7) is 4.78. The van der Waals surface area contributed by atoms with Gasteiger partial charge >= 0.3 is 13.8 Å². The highest BCUT2D eigenvalue weighted by molar-refractivity contribution is 7.47. The summed E-state index contributed by atoms with van der Waals surface area (Å²) in [6, 6.07) is 0. The minimum absolute atomic E-state index is 0.0952. The van der Waals surface area contributed by atoms with Crippen LogP contribution in [0.5, 0.6) is 0 Å². The number of nitrogens with two attached hydrogens (primary N) is 1. The van der Waals surface area contributed by atoms with Gasteiger partial charge in [-0.05, 0) is 32.1 Å². The van der Waals surface area contributed by atoms with Crippen molar-refractivity contribution in [3.05, 3.63) is 12.2 Å². The van der Waals surface area contributed by atoms with Crippen LogP contribution in [-0.4, -0.2) is 49.9 Å². The minimum atomic E-state index is -4.25. The Morgan fingerprint density at radius 1 is 0.806 bits per heavy atom. The molecular weight excluding hydrogens is 481 g/mol. The maximum atomic E-state index is 12.3. The smallest absolute Gasteiger partial charge is 0.457 e. The van der Waals surface area contributed by atoms with E-state index < -0.39 is 13.9 Å². The molecule has 0 aromatic carbocycles. The molecular formula is C27H54NO7P. The van der Waals surface area contributed by atoms with E-state index >= 15 is 0 Å². The molecule has 0 fully saturated rings. The number of esters is 1. The van der Waals surface area contributed by atoms with Crippen LogP contribution in [0.1, 0.15) is 117 Å². The Morgan fingerprint density at radius 3 is 2.14 bits per heavy atom. The standard InChI is InChI=1S/C27H54NO7P/c1-3-5-7-9-11-12-13-14-16-18-20-27(29)35-26(25-34-36(30,31)33-23-21-28)24-32-22-19-17-15-10-8-6-4-2/h7,9,26H,3-6,8,10-25,28H2,1-2H3,(H,30,31)/b9-7-. The van der Waals surface area contributed by atoms with Crippen LogP contribution in [-0.2, 0) is 27.9 Å². The molecule has 9 heteroatoms. The van der Waals surface area contributed by atoms with Gasteiger partial charge in [-0.25, -0.2) is 4.57 Å². The zero-order valence-corrected chi connectivity index (χ0v) is 23.9. The maximum absolute atomic E-state index is 12.3. The average molecular weight is 536 g/mol. The lowest BCUT2D eigenvalue weighted by Crippen LogP contribution is -2.28. The van der Waals surface area contributed by atoms with Crippen LogP contribution in [0, 0.1) is 0 Å². The van der Waals surface area contributed by atoms with Gasteiger partial charge in [0.1, 0.15) is 6.10 Å². The van der Waals surface area contributed by atoms with Crippen LogP contribution in [0.15, 0.2) is 12.2 Å². The molecule has 0 aliphatic heterocycles. The summed E-state index contributed by atoms with van der Waals surface area (Å²) in [4.78, 5) is 22.1. The lowest BCUT2D eigenvalue weighted by Gasteiger charge is -2.20. The van der Waals surface area contributed by atoms with E-state index in [0.29, 0.717) is 13.0 Å². The van der Waals surface area contributed by atoms with Crippen LogP contribution in [0.3, 0.4) is 0 Å². The highest BCUT2D eigenvalue weighted by Gasteiger charge is 2.25. The summed E-state index contributed by atoms with van der Waals surface area (Å²) in [5.74, 6) is -0.346. The topological polar surface area (TPSA) is 117 Å². The molecule has 0 aliphatic rings. The fourth-order valence-corrected chi connectivity index (χ4v) is 4.35. The fraction of sp³-hybridized carbons (Fsp3) is 0.889. The molecule has 0 aromatic rings. The number of carbonyl (C=O) groups excluding carboxylic acids is 1. The van der Waals surface area contributed by atoms with Crippen molar-refractivity contribution < 1.29 is 32.8 Å². The van der Waals surface area contributed by atoms with Gasteiger partial charge in [-0.2, -0.15) is 0 Å². The third kappa shape index (κ3) is 24.9. The second-order valence-electron chi connectivity index (χ2n) is 9.26. The van der Waals surface area contributed by atoms with Crippen molar-refractivity contribution in [2.75, 3.05) is 33.0 Å². The van der Waals surface area contributed by atoms with E-state index in [9.17, 15) is 14.3 Å². The highest BCUT2D eigenvalue weighted by Crippen LogP contribution is 2.43. The molecule has 214 valence electrons. The number of rotatable bonds is 27. The quantitative estimate of drug-likeness (QED) is 0.0508. The molecule has 0 bridgehead atoms. The molecule has 0 radical (unpaired) electrons. The number of phosphoric acid groups is 1. The lowest BCUT2D eigenvalue weighted by molar-refractivity contribution is -0.154. The third-order valence-corrected chi connectivity index (χ3v) is 6.65. The first-order valence-corrected chi connectivity index (χ1v) is 15.7. The van der Waals surface area contributed by atoms with Crippen molar-refractivity contribution in [2.24, 2.45) is 5.73 Å². The molecule has 0 spiro atoms. The third-order valence-electron chi connectivity index (χ3n) is 5.66. The molecule has 2 unspecified atom stereocenters. The van der Waals surface area contributed by atoms with Crippen LogP contribution in [0.4, 0.5) is 0 Å². The molecule has 0 saturated carbocycles. The fourth-order valence-electron chi connectivity index (χ4n) is 3.58. The van der Waals surface area contributed by atoms with Crippen molar-refractivity contribution in [1.29, 1.82) is 0 Å². The van der Waals surface area contributed by atoms with E-state index in [4.69, 9.17) is 24.3 Å². The van der Waals surface area contributed by atoms with Crippen molar-refractivity contribution in [1.82, 2.24) is 0 Å². The Morgan fingerprint density at radius 2 is 1.44 bits per heavy atom. The predicted octanol–water partition coefficient (Wildman–Crippen LogP) is 6.84. The van der Waals surface area contributed by atoms with Crippen molar-refractivity contribution in [2.45, 2.75) is 123 Å². The zero-order chi connectivity index (χ0) is 26.7. The van der Waals surface area contributed by atoms with E-state index in [-0.39, 0.29) is 32.3 Å². The van der Waals surface area contributed by atoms with Gasteiger partial charge in [-0.1, -0.05) is 90.2 Å². The summed E-state index contributed by atoms with van der Waals surface area (Å²) in [5, 5.41) is 0. The number of hydrogen-bond acceptors (Lipinski definition) is 7. The lowest BCUT2D eigenvalue weighted by atomic mass is 10.1. The van der Waals surface area contributed by atoms with Gasteiger partial charge in [-0.3, -0.25) is 13.8 Å². The summed E-state index contributed by atoms with van der Waals surface area (Å²) in [7, 11) is -4.25. The number of unbranched alkanes of at least 4 members (excludes halogenated alkanes) is 12. The van der Waals surface area contributed by atoms with Gasteiger partial charge in [0.25, 0.3) is 0 Å². The molecule has 0 aromatic heterocycles. The Kier molecular flexibility index (Phi) is 25.3. The Balaban J connectivity index is 4.23. The SMILES string of the molecule is CCC/C=C\CCCCCCCC(=O)OC(COCCCCCCCCC)COP(=O)(O)OCCN. The number of hydrogen-bond donors (Lipinski definition) is 2. The number of ether oxygens (including phenoxy) is 2. The van der Waals surface area contributed by atoms with Gasteiger partial charge in [0.05, 0.1) is 19.8 Å². The minimum Gasteiger partial charge on any atom is -0.457 e. The van der Waals surface area contributed by atoms with E-state index in [1.54, 1.807) is 0 Å².